The van der Waals surface area contributed by atoms with Crippen LogP contribution in [0.4, 0.5) is 5.69 Å². The highest BCUT2D eigenvalue weighted by molar-refractivity contribution is 6.76. The van der Waals surface area contributed by atoms with Gasteiger partial charge in [0, 0.05) is 0 Å². The average molecular weight is 313 g/mol. The number of rotatable bonds is 3. The van der Waals surface area contributed by atoms with Crippen molar-refractivity contribution in [2.75, 3.05) is 5.32 Å². The normalized spacial score (nSPS) is 11.1. The summed E-state index contributed by atoms with van der Waals surface area (Å²) in [4.78, 5) is 21.9. The van der Waals surface area contributed by atoms with Gasteiger partial charge in [-0.15, -0.1) is 0 Å². The summed E-state index contributed by atoms with van der Waals surface area (Å²) in [5, 5.41) is 20.3. The Bertz CT molecular complexity index is 485. The van der Waals surface area contributed by atoms with E-state index in [2.05, 4.69) is 5.32 Å². The lowest BCUT2D eigenvalue weighted by Crippen LogP contribution is -2.27. The fraction of sp³-hybridized carbons (Fsp3) is 0.200. The molecule has 0 aliphatic rings. The molecule has 1 aromatic carbocycles. The van der Waals surface area contributed by atoms with E-state index in [0.717, 1.165) is 0 Å². The molecule has 0 aromatic heterocycles. The Morgan fingerprint density at radius 3 is 2.39 bits per heavy atom. The molecule has 18 heavy (non-hydrogen) atoms. The summed E-state index contributed by atoms with van der Waals surface area (Å²) in [7, 11) is 0. The molecule has 0 saturated carbocycles. The number of anilines is 1. The Hall–Kier alpha value is -1.17. The van der Waals surface area contributed by atoms with Crippen molar-refractivity contribution < 1.29 is 19.8 Å². The molecule has 0 aliphatic carbocycles. The molecule has 0 saturated heterocycles. The van der Waals surface area contributed by atoms with E-state index in [0.29, 0.717) is 5.56 Å². The van der Waals surface area contributed by atoms with Crippen molar-refractivity contribution in [1.29, 1.82) is 0 Å². The van der Waals surface area contributed by atoms with Crippen molar-refractivity contribution in [1.82, 2.24) is 0 Å². The van der Waals surface area contributed by atoms with Crippen LogP contribution in [0.25, 0.3) is 0 Å². The quantitative estimate of drug-likeness (QED) is 0.590. The molecule has 3 N–H and O–H groups in total. The number of phenols is 1. The van der Waals surface area contributed by atoms with Crippen molar-refractivity contribution in [3.05, 3.63) is 23.8 Å². The van der Waals surface area contributed by atoms with Crippen LogP contribution in [0.2, 0.25) is 0 Å². The topological polar surface area (TPSA) is 86.6 Å². The number of carbonyl (C=O) groups is 2. The van der Waals surface area contributed by atoms with E-state index < -0.39 is 15.7 Å². The highest BCUT2D eigenvalue weighted by Gasteiger charge is 2.31. The largest absolute Gasteiger partial charge is 0.506 e. The van der Waals surface area contributed by atoms with Crippen LogP contribution in [0.1, 0.15) is 5.56 Å². The molecule has 0 bridgehead atoms. The maximum absolute atomic E-state index is 11.4. The zero-order valence-electron chi connectivity index (χ0n) is 8.78. The second-order valence-electron chi connectivity index (χ2n) is 3.37. The molecule has 98 valence electrons. The number of carboxylic acids is 1. The Morgan fingerprint density at radius 2 is 1.89 bits per heavy atom. The minimum Gasteiger partial charge on any atom is -0.506 e. The van der Waals surface area contributed by atoms with E-state index in [1.54, 1.807) is 0 Å². The fourth-order valence-corrected chi connectivity index (χ4v) is 1.30. The summed E-state index contributed by atoms with van der Waals surface area (Å²) in [6, 6.07) is 3.94. The number of carboxylic acid groups (broad SMARTS) is 1. The van der Waals surface area contributed by atoms with Crippen LogP contribution in [0.5, 0.6) is 5.75 Å². The van der Waals surface area contributed by atoms with Crippen molar-refractivity contribution in [2.45, 2.75) is 10.2 Å². The van der Waals surface area contributed by atoms with Gasteiger partial charge in [0.05, 0.1) is 12.1 Å². The molecule has 0 unspecified atom stereocenters. The lowest BCUT2D eigenvalue weighted by Gasteiger charge is -2.13. The molecule has 0 fully saturated rings. The summed E-state index contributed by atoms with van der Waals surface area (Å²) in [6.07, 6.45) is -0.253. The van der Waals surface area contributed by atoms with Crippen LogP contribution in [0.15, 0.2) is 18.2 Å². The van der Waals surface area contributed by atoms with Gasteiger partial charge in [0.25, 0.3) is 9.70 Å². The third kappa shape index (κ3) is 4.25. The molecule has 1 rings (SSSR count). The predicted octanol–water partition coefficient (Wildman–Crippen LogP) is 2.33. The van der Waals surface area contributed by atoms with Crippen molar-refractivity contribution >= 4 is 52.4 Å². The van der Waals surface area contributed by atoms with Crippen LogP contribution in [0.3, 0.4) is 0 Å². The SMILES string of the molecule is O=C(O)Cc1ccc(O)c(NC(=O)C(Cl)(Cl)Cl)c1. The van der Waals surface area contributed by atoms with Gasteiger partial charge in [-0.05, 0) is 17.7 Å². The lowest BCUT2D eigenvalue weighted by molar-refractivity contribution is -0.136. The number of hydrogen-bond acceptors (Lipinski definition) is 3. The first-order valence-corrected chi connectivity index (χ1v) is 5.75. The second-order valence-corrected chi connectivity index (χ2v) is 5.66. The van der Waals surface area contributed by atoms with Gasteiger partial charge in [-0.1, -0.05) is 40.9 Å². The molecule has 5 nitrogen and oxygen atoms in total. The number of aromatic hydroxyl groups is 1. The molecular weight excluding hydrogens is 304 g/mol. The van der Waals surface area contributed by atoms with Crippen LogP contribution < -0.4 is 5.32 Å². The van der Waals surface area contributed by atoms with Gasteiger partial charge in [-0.3, -0.25) is 9.59 Å². The van der Waals surface area contributed by atoms with E-state index in [9.17, 15) is 14.7 Å². The van der Waals surface area contributed by atoms with E-state index in [4.69, 9.17) is 39.9 Å². The zero-order chi connectivity index (χ0) is 13.9. The number of aliphatic carboxylic acids is 1. The molecule has 8 heteroatoms. The number of alkyl halides is 3. The first-order chi connectivity index (χ1) is 8.20. The molecule has 0 heterocycles. The predicted molar refractivity (Wildman–Crippen MR) is 68.4 cm³/mol. The number of phenolic OH excluding ortho intramolecular Hbond substituents is 1. The third-order valence-corrected chi connectivity index (χ3v) is 2.44. The molecule has 0 radical (unpaired) electrons. The molecule has 0 aliphatic heterocycles. The second kappa shape index (κ2) is 5.65. The number of halogens is 3. The van der Waals surface area contributed by atoms with Crippen molar-refractivity contribution in [3.8, 4) is 5.75 Å². The number of benzene rings is 1. The summed E-state index contributed by atoms with van der Waals surface area (Å²) in [5.41, 5.74) is 0.366. The first-order valence-electron chi connectivity index (χ1n) is 4.62. The maximum Gasteiger partial charge on any atom is 0.307 e. The zero-order valence-corrected chi connectivity index (χ0v) is 11.1. The number of hydrogen-bond donors (Lipinski definition) is 3. The summed E-state index contributed by atoms with van der Waals surface area (Å²) >= 11 is 16.1. The van der Waals surface area contributed by atoms with Gasteiger partial charge in [0.2, 0.25) is 0 Å². The molecule has 1 amide bonds. The number of amides is 1. The smallest absolute Gasteiger partial charge is 0.307 e. The average Bonchev–Trinajstić information content (AvgIpc) is 2.20. The highest BCUT2D eigenvalue weighted by atomic mass is 35.6. The number of carbonyl (C=O) groups excluding carboxylic acids is 1. The van der Waals surface area contributed by atoms with E-state index in [1.165, 1.54) is 18.2 Å². The summed E-state index contributed by atoms with van der Waals surface area (Å²) < 4.78 is -2.17. The minimum atomic E-state index is -2.17. The minimum absolute atomic E-state index is 0.0231. The first kappa shape index (κ1) is 14.9. The molecule has 1 aromatic rings. The maximum atomic E-state index is 11.4. The lowest BCUT2D eigenvalue weighted by atomic mass is 10.1. The van der Waals surface area contributed by atoms with E-state index >= 15 is 0 Å². The Kier molecular flexibility index (Phi) is 4.67. The fourth-order valence-electron chi connectivity index (χ4n) is 1.16. The van der Waals surface area contributed by atoms with Crippen LogP contribution in [0, 0.1) is 0 Å². The van der Waals surface area contributed by atoms with Gasteiger partial charge in [-0.25, -0.2) is 0 Å². The summed E-state index contributed by atoms with van der Waals surface area (Å²) in [5.74, 6) is -2.25. The Labute approximate surface area is 117 Å². The monoisotopic (exact) mass is 311 g/mol. The standard InChI is InChI=1S/C10H8Cl3NO4/c11-10(12,13)9(18)14-6-3-5(4-8(16)17)1-2-7(6)15/h1-3,15H,4H2,(H,14,18)(H,16,17). The van der Waals surface area contributed by atoms with Gasteiger partial charge in [0.1, 0.15) is 5.75 Å². The van der Waals surface area contributed by atoms with Crippen LogP contribution in [-0.2, 0) is 16.0 Å². The van der Waals surface area contributed by atoms with Crippen molar-refractivity contribution in [2.24, 2.45) is 0 Å². The van der Waals surface area contributed by atoms with Crippen LogP contribution in [-0.4, -0.2) is 25.9 Å². The molecule has 0 spiro atoms. The summed E-state index contributed by atoms with van der Waals surface area (Å²) in [6.45, 7) is 0. The van der Waals surface area contributed by atoms with Gasteiger partial charge >= 0.3 is 5.97 Å². The van der Waals surface area contributed by atoms with Gasteiger partial charge in [-0.2, -0.15) is 0 Å². The number of nitrogens with one attached hydrogen (secondary N) is 1. The Balaban J connectivity index is 2.94. The van der Waals surface area contributed by atoms with Gasteiger partial charge < -0.3 is 15.5 Å². The molecular formula is C10H8Cl3NO4. The van der Waals surface area contributed by atoms with Crippen molar-refractivity contribution in [3.63, 3.8) is 0 Å². The third-order valence-electron chi connectivity index (χ3n) is 1.92. The van der Waals surface area contributed by atoms with E-state index in [-0.39, 0.29) is 17.9 Å². The van der Waals surface area contributed by atoms with Crippen LogP contribution >= 0.6 is 34.8 Å². The van der Waals surface area contributed by atoms with Gasteiger partial charge in [0.15, 0.2) is 0 Å². The van der Waals surface area contributed by atoms with E-state index in [1.807, 2.05) is 0 Å². The highest BCUT2D eigenvalue weighted by Crippen LogP contribution is 2.30. The molecule has 0 atom stereocenters. The Morgan fingerprint density at radius 1 is 1.28 bits per heavy atom.